The lowest BCUT2D eigenvalue weighted by Gasteiger charge is -2.09. The van der Waals surface area contributed by atoms with Gasteiger partial charge in [0.1, 0.15) is 0 Å². The van der Waals surface area contributed by atoms with Gasteiger partial charge in [0.05, 0.1) is 11.7 Å². The van der Waals surface area contributed by atoms with E-state index in [1.54, 1.807) is 6.92 Å². The Morgan fingerprint density at radius 1 is 1.33 bits per heavy atom. The molecule has 6 heteroatoms. The van der Waals surface area contributed by atoms with Crippen LogP contribution in [0.25, 0.3) is 0 Å². The van der Waals surface area contributed by atoms with Crippen molar-refractivity contribution in [1.29, 1.82) is 0 Å². The van der Waals surface area contributed by atoms with Gasteiger partial charge in [-0.15, -0.1) is 0 Å². The molecule has 1 rings (SSSR count). The third-order valence-corrected chi connectivity index (χ3v) is 2.29. The standard InChI is InChI=1S/C12H18N2O4/c1-8(15)7-13-5-6-14-12(18)9-3-2-4-10(16)11(9)17/h2-4,8,13,15-17H,5-7H2,1H3,(H,14,18). The van der Waals surface area contributed by atoms with Crippen molar-refractivity contribution in [3.05, 3.63) is 23.8 Å². The predicted molar refractivity (Wildman–Crippen MR) is 66.7 cm³/mol. The predicted octanol–water partition coefficient (Wildman–Crippen LogP) is -0.202. The van der Waals surface area contributed by atoms with E-state index in [9.17, 15) is 15.0 Å². The van der Waals surface area contributed by atoms with Crippen molar-refractivity contribution >= 4 is 5.91 Å². The van der Waals surface area contributed by atoms with E-state index in [1.807, 2.05) is 0 Å². The molecule has 0 aliphatic rings. The van der Waals surface area contributed by atoms with Crippen LogP contribution in [0.15, 0.2) is 18.2 Å². The average Bonchev–Trinajstić information content (AvgIpc) is 2.31. The molecule has 0 spiro atoms. The van der Waals surface area contributed by atoms with Crippen molar-refractivity contribution < 1.29 is 20.1 Å². The highest BCUT2D eigenvalue weighted by atomic mass is 16.3. The zero-order valence-corrected chi connectivity index (χ0v) is 10.2. The zero-order chi connectivity index (χ0) is 13.5. The monoisotopic (exact) mass is 254 g/mol. The number of nitrogens with one attached hydrogen (secondary N) is 2. The van der Waals surface area contributed by atoms with E-state index in [2.05, 4.69) is 10.6 Å². The Morgan fingerprint density at radius 2 is 2.06 bits per heavy atom. The molecule has 1 unspecified atom stereocenters. The largest absolute Gasteiger partial charge is 0.504 e. The van der Waals surface area contributed by atoms with Crippen LogP contribution in [0.1, 0.15) is 17.3 Å². The molecule has 0 heterocycles. The summed E-state index contributed by atoms with van der Waals surface area (Å²) in [5, 5.41) is 33.3. The highest BCUT2D eigenvalue weighted by Crippen LogP contribution is 2.27. The fourth-order valence-electron chi connectivity index (χ4n) is 1.39. The summed E-state index contributed by atoms with van der Waals surface area (Å²) in [6, 6.07) is 4.21. The Morgan fingerprint density at radius 3 is 2.72 bits per heavy atom. The van der Waals surface area contributed by atoms with Crippen LogP contribution in [0.4, 0.5) is 0 Å². The van der Waals surface area contributed by atoms with Gasteiger partial charge in [-0.05, 0) is 19.1 Å². The van der Waals surface area contributed by atoms with Crippen molar-refractivity contribution in [2.24, 2.45) is 0 Å². The molecule has 0 radical (unpaired) electrons. The number of aliphatic hydroxyl groups excluding tert-OH is 1. The van der Waals surface area contributed by atoms with Crippen LogP contribution < -0.4 is 10.6 Å². The third kappa shape index (κ3) is 4.23. The van der Waals surface area contributed by atoms with Crippen molar-refractivity contribution in [3.63, 3.8) is 0 Å². The quantitative estimate of drug-likeness (QED) is 0.357. The van der Waals surface area contributed by atoms with Gasteiger partial charge in [-0.25, -0.2) is 0 Å². The number of carbonyl (C=O) groups is 1. The summed E-state index contributed by atoms with van der Waals surface area (Å²) in [5.41, 5.74) is 0.0329. The second-order valence-corrected chi connectivity index (χ2v) is 3.98. The van der Waals surface area contributed by atoms with Gasteiger partial charge in [0, 0.05) is 19.6 Å². The van der Waals surface area contributed by atoms with E-state index < -0.39 is 17.8 Å². The Bertz CT molecular complexity index is 407. The smallest absolute Gasteiger partial charge is 0.255 e. The zero-order valence-electron chi connectivity index (χ0n) is 10.2. The summed E-state index contributed by atoms with van der Waals surface area (Å²) in [6.07, 6.45) is -0.434. The first-order valence-corrected chi connectivity index (χ1v) is 5.70. The van der Waals surface area contributed by atoms with E-state index in [1.165, 1.54) is 18.2 Å². The molecule has 5 N–H and O–H groups in total. The lowest BCUT2D eigenvalue weighted by Crippen LogP contribution is -2.34. The molecule has 1 aromatic carbocycles. The number of carbonyl (C=O) groups excluding carboxylic acids is 1. The number of hydrogen-bond donors (Lipinski definition) is 5. The van der Waals surface area contributed by atoms with Crippen molar-refractivity contribution in [3.8, 4) is 11.5 Å². The molecule has 6 nitrogen and oxygen atoms in total. The second-order valence-electron chi connectivity index (χ2n) is 3.98. The van der Waals surface area contributed by atoms with E-state index >= 15 is 0 Å². The molecular weight excluding hydrogens is 236 g/mol. The summed E-state index contributed by atoms with van der Waals surface area (Å²) >= 11 is 0. The molecule has 18 heavy (non-hydrogen) atoms. The Kier molecular flexibility index (Phi) is 5.41. The lowest BCUT2D eigenvalue weighted by molar-refractivity contribution is 0.0950. The second kappa shape index (κ2) is 6.83. The fourth-order valence-corrected chi connectivity index (χ4v) is 1.39. The van der Waals surface area contributed by atoms with Gasteiger partial charge < -0.3 is 26.0 Å². The summed E-state index contributed by atoms with van der Waals surface area (Å²) in [7, 11) is 0. The first kappa shape index (κ1) is 14.3. The minimum absolute atomic E-state index is 0.0329. The molecular formula is C12H18N2O4. The SMILES string of the molecule is CC(O)CNCCNC(=O)c1cccc(O)c1O. The summed E-state index contributed by atoms with van der Waals surface area (Å²) < 4.78 is 0. The first-order valence-electron chi connectivity index (χ1n) is 5.70. The Labute approximate surface area is 105 Å². The normalized spacial score (nSPS) is 12.1. The maximum absolute atomic E-state index is 11.7. The maximum atomic E-state index is 11.7. The Balaban J connectivity index is 2.39. The van der Waals surface area contributed by atoms with Crippen LogP contribution in [0.5, 0.6) is 11.5 Å². The molecule has 1 aromatic rings. The number of hydrogen-bond acceptors (Lipinski definition) is 5. The average molecular weight is 254 g/mol. The van der Waals surface area contributed by atoms with Crippen LogP contribution in [0.3, 0.4) is 0 Å². The number of phenols is 2. The van der Waals surface area contributed by atoms with E-state index in [0.717, 1.165) is 0 Å². The fraction of sp³-hybridized carbons (Fsp3) is 0.417. The number of amides is 1. The number of aliphatic hydroxyl groups is 1. The molecule has 0 saturated heterocycles. The van der Waals surface area contributed by atoms with Gasteiger partial charge in [-0.1, -0.05) is 6.07 Å². The van der Waals surface area contributed by atoms with E-state index in [0.29, 0.717) is 19.6 Å². The molecule has 0 saturated carbocycles. The molecule has 1 amide bonds. The molecule has 0 aliphatic carbocycles. The first-order chi connectivity index (χ1) is 8.52. The number of phenolic OH excluding ortho intramolecular Hbond substituents is 2. The molecule has 0 aliphatic heterocycles. The lowest BCUT2D eigenvalue weighted by atomic mass is 10.1. The van der Waals surface area contributed by atoms with Crippen molar-refractivity contribution in [2.45, 2.75) is 13.0 Å². The summed E-state index contributed by atoms with van der Waals surface area (Å²) in [4.78, 5) is 11.7. The molecule has 0 aromatic heterocycles. The number of aromatic hydroxyl groups is 2. The van der Waals surface area contributed by atoms with Crippen LogP contribution in [-0.4, -0.2) is 47.0 Å². The molecule has 1 atom stereocenters. The summed E-state index contributed by atoms with van der Waals surface area (Å²) in [5.74, 6) is -1.20. The van der Waals surface area contributed by atoms with Gasteiger partial charge in [0.2, 0.25) is 0 Å². The minimum atomic E-state index is -0.456. The Hall–Kier alpha value is -1.79. The van der Waals surface area contributed by atoms with Crippen LogP contribution in [-0.2, 0) is 0 Å². The van der Waals surface area contributed by atoms with Gasteiger partial charge in [-0.2, -0.15) is 0 Å². The van der Waals surface area contributed by atoms with Gasteiger partial charge in [0.15, 0.2) is 11.5 Å². The minimum Gasteiger partial charge on any atom is -0.504 e. The molecule has 0 fully saturated rings. The molecule has 100 valence electrons. The highest BCUT2D eigenvalue weighted by Gasteiger charge is 2.12. The van der Waals surface area contributed by atoms with Crippen molar-refractivity contribution in [1.82, 2.24) is 10.6 Å². The number of rotatable bonds is 6. The van der Waals surface area contributed by atoms with Gasteiger partial charge >= 0.3 is 0 Å². The van der Waals surface area contributed by atoms with Gasteiger partial charge in [-0.3, -0.25) is 4.79 Å². The van der Waals surface area contributed by atoms with Gasteiger partial charge in [0.25, 0.3) is 5.91 Å². The topological polar surface area (TPSA) is 102 Å². The molecule has 0 bridgehead atoms. The van der Waals surface area contributed by atoms with E-state index in [4.69, 9.17) is 5.11 Å². The highest BCUT2D eigenvalue weighted by molar-refractivity contribution is 5.97. The van der Waals surface area contributed by atoms with E-state index in [-0.39, 0.29) is 11.3 Å². The maximum Gasteiger partial charge on any atom is 0.255 e. The van der Waals surface area contributed by atoms with Crippen LogP contribution in [0, 0.1) is 0 Å². The van der Waals surface area contributed by atoms with Crippen LogP contribution in [0.2, 0.25) is 0 Å². The van der Waals surface area contributed by atoms with Crippen molar-refractivity contribution in [2.75, 3.05) is 19.6 Å². The summed E-state index contributed by atoms with van der Waals surface area (Å²) in [6.45, 7) is 2.99. The number of para-hydroxylation sites is 1. The number of benzene rings is 1. The van der Waals surface area contributed by atoms with Crippen LogP contribution >= 0.6 is 0 Å². The third-order valence-electron chi connectivity index (χ3n) is 2.29.